The molecule has 0 radical (unpaired) electrons. The van der Waals surface area contributed by atoms with Gasteiger partial charge in [0.25, 0.3) is 0 Å². The first-order chi connectivity index (χ1) is 8.01. The molecular weight excluding hydrogens is 234 g/mol. The summed E-state index contributed by atoms with van der Waals surface area (Å²) in [7, 11) is 0. The highest BCUT2D eigenvalue weighted by atomic mass is 32.1. The van der Waals surface area contributed by atoms with Gasteiger partial charge in [-0.15, -0.1) is 11.3 Å². The van der Waals surface area contributed by atoms with Crippen molar-refractivity contribution >= 4 is 22.4 Å². The van der Waals surface area contributed by atoms with Crippen molar-refractivity contribution in [1.82, 2.24) is 4.98 Å². The van der Waals surface area contributed by atoms with Gasteiger partial charge < -0.3 is 11.1 Å². The van der Waals surface area contributed by atoms with Crippen LogP contribution in [-0.2, 0) is 4.79 Å². The molecule has 0 bridgehead atoms. The first-order valence-electron chi connectivity index (χ1n) is 6.04. The zero-order chi connectivity index (χ0) is 12.5. The van der Waals surface area contributed by atoms with Crippen LogP contribution in [0.25, 0.3) is 0 Å². The molecule has 1 unspecified atom stereocenters. The number of carbonyl (C=O) groups is 1. The lowest BCUT2D eigenvalue weighted by Crippen LogP contribution is -2.30. The number of carbonyl (C=O) groups excluding carboxylic acids is 1. The van der Waals surface area contributed by atoms with Gasteiger partial charge in [0.1, 0.15) is 0 Å². The topological polar surface area (TPSA) is 68.0 Å². The van der Waals surface area contributed by atoms with Gasteiger partial charge in [0.05, 0.1) is 5.69 Å². The summed E-state index contributed by atoms with van der Waals surface area (Å²) in [4.78, 5) is 16.5. The summed E-state index contributed by atoms with van der Waals surface area (Å²) in [6.07, 6.45) is 4.24. The molecule has 1 saturated carbocycles. The lowest BCUT2D eigenvalue weighted by atomic mass is 9.88. The third kappa shape index (κ3) is 2.66. The summed E-state index contributed by atoms with van der Waals surface area (Å²) in [5.74, 6) is 0.0978. The second-order valence-electron chi connectivity index (χ2n) is 5.09. The number of rotatable bonds is 3. The van der Waals surface area contributed by atoms with Crippen LogP contribution in [0.1, 0.15) is 51.3 Å². The van der Waals surface area contributed by atoms with Crippen LogP contribution in [0.15, 0.2) is 5.38 Å². The third-order valence-corrected chi connectivity index (χ3v) is 4.24. The highest BCUT2D eigenvalue weighted by molar-refractivity contribution is 7.13. The monoisotopic (exact) mass is 253 g/mol. The van der Waals surface area contributed by atoms with Gasteiger partial charge in [0, 0.05) is 16.8 Å². The molecule has 3 N–H and O–H groups in total. The van der Waals surface area contributed by atoms with Crippen molar-refractivity contribution in [2.75, 3.05) is 5.32 Å². The molecule has 94 valence electrons. The Balaban J connectivity index is 2.02. The van der Waals surface area contributed by atoms with Gasteiger partial charge in [-0.1, -0.05) is 19.8 Å². The average Bonchev–Trinajstić information content (AvgIpc) is 2.88. The molecule has 1 heterocycles. The number of thiazole rings is 1. The van der Waals surface area contributed by atoms with Gasteiger partial charge in [-0.25, -0.2) is 4.98 Å². The second-order valence-corrected chi connectivity index (χ2v) is 5.95. The van der Waals surface area contributed by atoms with E-state index in [1.807, 2.05) is 19.2 Å². The summed E-state index contributed by atoms with van der Waals surface area (Å²) in [6, 6.07) is -0.0843. The summed E-state index contributed by atoms with van der Waals surface area (Å²) in [5.41, 5.74) is 6.36. The van der Waals surface area contributed by atoms with Gasteiger partial charge >= 0.3 is 0 Å². The fraction of sp³-hybridized carbons (Fsp3) is 0.667. The Morgan fingerprint density at radius 1 is 1.59 bits per heavy atom. The lowest BCUT2D eigenvalue weighted by molar-refractivity contribution is -0.124. The Hall–Kier alpha value is -0.940. The fourth-order valence-corrected chi connectivity index (χ4v) is 2.99. The summed E-state index contributed by atoms with van der Waals surface area (Å²) in [5, 5.41) is 5.48. The second kappa shape index (κ2) is 4.74. The molecule has 1 aliphatic rings. The van der Waals surface area contributed by atoms with Crippen molar-refractivity contribution in [3.05, 3.63) is 11.1 Å². The largest absolute Gasteiger partial charge is 0.323 e. The molecular formula is C12H19N3OS. The molecule has 1 aromatic heterocycles. The predicted octanol–water partition coefficient (Wildman–Crippen LogP) is 2.68. The molecule has 1 amide bonds. The van der Waals surface area contributed by atoms with Crippen LogP contribution in [0.3, 0.4) is 0 Å². The Labute approximate surface area is 106 Å². The Kier molecular flexibility index (Phi) is 3.49. The molecule has 4 nitrogen and oxygen atoms in total. The molecule has 0 aromatic carbocycles. The van der Waals surface area contributed by atoms with Crippen molar-refractivity contribution in [3.8, 4) is 0 Å². The minimum Gasteiger partial charge on any atom is -0.323 e. The summed E-state index contributed by atoms with van der Waals surface area (Å²) >= 11 is 1.44. The average molecular weight is 253 g/mol. The van der Waals surface area contributed by atoms with E-state index in [0.29, 0.717) is 5.13 Å². The van der Waals surface area contributed by atoms with Crippen LogP contribution in [-0.4, -0.2) is 10.9 Å². The standard InChI is InChI=1S/C12H19N3OS/c1-8(13)9-7-17-11(14-9)15-10(16)12(2)5-3-4-6-12/h7-8H,3-6,13H2,1-2H3,(H,14,15,16). The summed E-state index contributed by atoms with van der Waals surface area (Å²) < 4.78 is 0. The van der Waals surface area contributed by atoms with E-state index in [4.69, 9.17) is 5.73 Å². The molecule has 1 aliphatic carbocycles. The molecule has 2 rings (SSSR count). The van der Waals surface area contributed by atoms with Gasteiger partial charge in [-0.05, 0) is 19.8 Å². The van der Waals surface area contributed by atoms with Crippen molar-refractivity contribution < 1.29 is 4.79 Å². The van der Waals surface area contributed by atoms with Crippen molar-refractivity contribution in [2.24, 2.45) is 11.1 Å². The quantitative estimate of drug-likeness (QED) is 0.870. The van der Waals surface area contributed by atoms with Crippen LogP contribution in [0, 0.1) is 5.41 Å². The molecule has 5 heteroatoms. The smallest absolute Gasteiger partial charge is 0.232 e. The predicted molar refractivity (Wildman–Crippen MR) is 69.9 cm³/mol. The number of anilines is 1. The molecule has 1 fully saturated rings. The molecule has 0 aliphatic heterocycles. The number of nitrogens with zero attached hydrogens (tertiary/aromatic N) is 1. The van der Waals surface area contributed by atoms with Crippen LogP contribution < -0.4 is 11.1 Å². The summed E-state index contributed by atoms with van der Waals surface area (Å²) in [6.45, 7) is 3.92. The van der Waals surface area contributed by atoms with E-state index < -0.39 is 0 Å². The number of nitrogens with two attached hydrogens (primary N) is 1. The maximum absolute atomic E-state index is 12.1. The van der Waals surface area contributed by atoms with Crippen molar-refractivity contribution in [3.63, 3.8) is 0 Å². The van der Waals surface area contributed by atoms with E-state index in [1.165, 1.54) is 11.3 Å². The number of nitrogens with one attached hydrogen (secondary N) is 1. The minimum atomic E-state index is -0.208. The first kappa shape index (κ1) is 12.5. The first-order valence-corrected chi connectivity index (χ1v) is 6.92. The van der Waals surface area contributed by atoms with Gasteiger partial charge in [-0.3, -0.25) is 4.79 Å². The number of hydrogen-bond acceptors (Lipinski definition) is 4. The molecule has 1 atom stereocenters. The SMILES string of the molecule is CC(N)c1csc(NC(=O)C2(C)CCCC2)n1. The third-order valence-electron chi connectivity index (χ3n) is 3.46. The normalized spacial score (nSPS) is 20.2. The Morgan fingerprint density at radius 3 is 2.76 bits per heavy atom. The van der Waals surface area contributed by atoms with Gasteiger partial charge in [0.2, 0.25) is 5.91 Å². The van der Waals surface area contributed by atoms with Crippen LogP contribution in [0.4, 0.5) is 5.13 Å². The van der Waals surface area contributed by atoms with Crippen molar-refractivity contribution in [1.29, 1.82) is 0 Å². The zero-order valence-electron chi connectivity index (χ0n) is 10.3. The molecule has 0 saturated heterocycles. The highest BCUT2D eigenvalue weighted by Gasteiger charge is 2.36. The van der Waals surface area contributed by atoms with Crippen molar-refractivity contribution in [2.45, 2.75) is 45.6 Å². The van der Waals surface area contributed by atoms with E-state index in [2.05, 4.69) is 10.3 Å². The molecule has 0 spiro atoms. The van der Waals surface area contributed by atoms with Crippen LogP contribution in [0.2, 0.25) is 0 Å². The van der Waals surface area contributed by atoms with E-state index >= 15 is 0 Å². The highest BCUT2D eigenvalue weighted by Crippen LogP contribution is 2.38. The van der Waals surface area contributed by atoms with Crippen LogP contribution >= 0.6 is 11.3 Å². The minimum absolute atomic E-state index is 0.0843. The number of aromatic nitrogens is 1. The van der Waals surface area contributed by atoms with Crippen LogP contribution in [0.5, 0.6) is 0 Å². The Bertz CT molecular complexity index is 408. The maximum atomic E-state index is 12.1. The number of hydrogen-bond donors (Lipinski definition) is 2. The number of amides is 1. The van der Waals surface area contributed by atoms with E-state index in [9.17, 15) is 4.79 Å². The van der Waals surface area contributed by atoms with Gasteiger partial charge in [0.15, 0.2) is 5.13 Å². The molecule has 17 heavy (non-hydrogen) atoms. The van der Waals surface area contributed by atoms with E-state index in [0.717, 1.165) is 31.4 Å². The zero-order valence-corrected chi connectivity index (χ0v) is 11.1. The Morgan fingerprint density at radius 2 is 2.24 bits per heavy atom. The fourth-order valence-electron chi connectivity index (χ4n) is 2.18. The lowest BCUT2D eigenvalue weighted by Gasteiger charge is -2.21. The van der Waals surface area contributed by atoms with E-state index in [1.54, 1.807) is 0 Å². The van der Waals surface area contributed by atoms with E-state index in [-0.39, 0.29) is 17.4 Å². The van der Waals surface area contributed by atoms with Gasteiger partial charge in [-0.2, -0.15) is 0 Å². The maximum Gasteiger partial charge on any atom is 0.232 e. The molecule has 1 aromatic rings.